The van der Waals surface area contributed by atoms with Crippen LogP contribution in [0.3, 0.4) is 0 Å². The quantitative estimate of drug-likeness (QED) is 0.418. The lowest BCUT2D eigenvalue weighted by Crippen LogP contribution is -2.21. The first-order chi connectivity index (χ1) is 16.6. The first-order valence-corrected chi connectivity index (χ1v) is 10.6. The van der Waals surface area contributed by atoms with Gasteiger partial charge in [-0.05, 0) is 24.3 Å². The van der Waals surface area contributed by atoms with E-state index in [0.717, 1.165) is 29.5 Å². The molecule has 5 rings (SSSR count). The van der Waals surface area contributed by atoms with E-state index in [2.05, 4.69) is 20.4 Å². The predicted molar refractivity (Wildman–Crippen MR) is 120 cm³/mol. The second-order valence-electron chi connectivity index (χ2n) is 8.15. The zero-order chi connectivity index (χ0) is 24.9. The van der Waals surface area contributed by atoms with Gasteiger partial charge in [0.2, 0.25) is 5.95 Å². The van der Waals surface area contributed by atoms with E-state index >= 15 is 0 Å². The van der Waals surface area contributed by atoms with E-state index in [1.807, 2.05) is 11.9 Å². The third-order valence-electron chi connectivity index (χ3n) is 5.97. The van der Waals surface area contributed by atoms with Crippen molar-refractivity contribution in [2.24, 2.45) is 12.8 Å². The number of alkyl halides is 3. The van der Waals surface area contributed by atoms with Crippen LogP contribution in [0.15, 0.2) is 42.6 Å². The van der Waals surface area contributed by atoms with E-state index in [4.69, 9.17) is 5.73 Å². The maximum absolute atomic E-state index is 14.4. The number of carbonyl (C=O) groups excluding carboxylic acids is 1. The van der Waals surface area contributed by atoms with E-state index in [9.17, 15) is 22.4 Å². The standard InChI is InChI=1S/C23H19F4N7O/c1-33-18-11-34(10-12(18)8-30-33)22-31-19-13(20(28)35)4-2-5-14(19)21(32-22)29-9-15-16(23(25,26)27)6-3-7-17(15)24/h2-8H,9-11H2,1H3,(H2,28,35)(H,29,31,32). The molecule has 2 aromatic carbocycles. The lowest BCUT2D eigenvalue weighted by molar-refractivity contribution is -0.138. The Balaban J connectivity index is 1.58. The van der Waals surface area contributed by atoms with Crippen molar-refractivity contribution in [3.05, 3.63) is 76.4 Å². The number of rotatable bonds is 5. The number of nitrogens with zero attached hydrogens (tertiary/aromatic N) is 5. The van der Waals surface area contributed by atoms with Gasteiger partial charge in [0.15, 0.2) is 0 Å². The number of halogens is 4. The van der Waals surface area contributed by atoms with Crippen molar-refractivity contribution in [2.45, 2.75) is 25.8 Å². The Bertz CT molecular complexity index is 1460. The van der Waals surface area contributed by atoms with Gasteiger partial charge in [-0.25, -0.2) is 9.37 Å². The second kappa shape index (κ2) is 8.22. The highest BCUT2D eigenvalue weighted by Gasteiger charge is 2.34. The van der Waals surface area contributed by atoms with Crippen LogP contribution in [0.5, 0.6) is 0 Å². The average molecular weight is 485 g/mol. The minimum Gasteiger partial charge on any atom is -0.366 e. The molecule has 0 saturated carbocycles. The summed E-state index contributed by atoms with van der Waals surface area (Å²) in [6.07, 6.45) is -2.99. The van der Waals surface area contributed by atoms with Crippen molar-refractivity contribution < 1.29 is 22.4 Å². The summed E-state index contributed by atoms with van der Waals surface area (Å²) in [7, 11) is 1.81. The fourth-order valence-electron chi connectivity index (χ4n) is 4.22. The number of primary amides is 1. The van der Waals surface area contributed by atoms with Crippen molar-refractivity contribution in [2.75, 3.05) is 10.2 Å². The van der Waals surface area contributed by atoms with Crippen molar-refractivity contribution in [3.63, 3.8) is 0 Å². The summed E-state index contributed by atoms with van der Waals surface area (Å²) >= 11 is 0. The van der Waals surface area contributed by atoms with Crippen LogP contribution in [0.25, 0.3) is 10.9 Å². The molecule has 0 fully saturated rings. The molecule has 3 N–H and O–H groups in total. The fraction of sp³-hybridized carbons (Fsp3) is 0.217. The van der Waals surface area contributed by atoms with Crippen LogP contribution in [0.1, 0.15) is 32.7 Å². The molecule has 1 aliphatic heterocycles. The highest BCUT2D eigenvalue weighted by molar-refractivity contribution is 6.07. The molecule has 35 heavy (non-hydrogen) atoms. The SMILES string of the molecule is Cn1ncc2c1CN(c1nc(NCc3c(F)cccc3C(F)(F)F)c3cccc(C(N)=O)c3n1)C2. The lowest BCUT2D eigenvalue weighted by atomic mass is 10.1. The van der Waals surface area contributed by atoms with Crippen LogP contribution in [0.4, 0.5) is 29.3 Å². The topological polar surface area (TPSA) is 102 Å². The van der Waals surface area contributed by atoms with Crippen LogP contribution >= 0.6 is 0 Å². The van der Waals surface area contributed by atoms with Gasteiger partial charge in [0, 0.05) is 36.7 Å². The Morgan fingerprint density at radius 1 is 1.14 bits per heavy atom. The summed E-state index contributed by atoms with van der Waals surface area (Å²) in [5.41, 5.74) is 6.24. The number of hydrogen-bond donors (Lipinski definition) is 2. The first-order valence-electron chi connectivity index (χ1n) is 10.6. The van der Waals surface area contributed by atoms with Gasteiger partial charge in [0.05, 0.1) is 35.1 Å². The first kappa shape index (κ1) is 22.6. The number of nitrogens with one attached hydrogen (secondary N) is 1. The molecule has 12 heteroatoms. The van der Waals surface area contributed by atoms with E-state index in [1.54, 1.807) is 23.0 Å². The fourth-order valence-corrected chi connectivity index (χ4v) is 4.22. The zero-order valence-electron chi connectivity index (χ0n) is 18.4. The molecular formula is C23H19F4N7O. The van der Waals surface area contributed by atoms with Crippen LogP contribution in [0, 0.1) is 5.82 Å². The molecule has 2 aromatic heterocycles. The number of nitrogens with two attached hydrogens (primary N) is 1. The van der Waals surface area contributed by atoms with Crippen LogP contribution in [-0.2, 0) is 32.9 Å². The van der Waals surface area contributed by atoms with E-state index < -0.39 is 35.6 Å². The van der Waals surface area contributed by atoms with Gasteiger partial charge < -0.3 is 16.0 Å². The third kappa shape index (κ3) is 4.00. The highest BCUT2D eigenvalue weighted by atomic mass is 19.4. The molecular weight excluding hydrogens is 466 g/mol. The van der Waals surface area contributed by atoms with Gasteiger partial charge in [-0.2, -0.15) is 23.3 Å². The number of fused-ring (bicyclic) bond motifs is 2. The van der Waals surface area contributed by atoms with Crippen LogP contribution in [-0.4, -0.2) is 25.7 Å². The second-order valence-corrected chi connectivity index (χ2v) is 8.15. The van der Waals surface area contributed by atoms with Crippen LogP contribution in [0.2, 0.25) is 0 Å². The summed E-state index contributed by atoms with van der Waals surface area (Å²) in [5.74, 6) is -1.31. The maximum atomic E-state index is 14.4. The molecule has 3 heterocycles. The van der Waals surface area contributed by atoms with Crippen molar-refractivity contribution in [3.8, 4) is 0 Å². The van der Waals surface area contributed by atoms with Crippen LogP contribution < -0.4 is 16.0 Å². The molecule has 0 bridgehead atoms. The summed E-state index contributed by atoms with van der Waals surface area (Å²) in [6.45, 7) is 0.414. The van der Waals surface area contributed by atoms with Gasteiger partial charge in [-0.3, -0.25) is 9.48 Å². The summed E-state index contributed by atoms with van der Waals surface area (Å²) in [5, 5.41) is 7.41. The molecule has 0 atom stereocenters. The number of carbonyl (C=O) groups is 1. The molecule has 0 radical (unpaired) electrons. The number of benzene rings is 2. The molecule has 8 nitrogen and oxygen atoms in total. The van der Waals surface area contributed by atoms with Crippen molar-refractivity contribution in [1.82, 2.24) is 19.7 Å². The molecule has 180 valence electrons. The lowest BCUT2D eigenvalue weighted by Gasteiger charge is -2.20. The minimum atomic E-state index is -4.73. The number of anilines is 2. The minimum absolute atomic E-state index is 0.134. The smallest absolute Gasteiger partial charge is 0.366 e. The molecule has 0 saturated heterocycles. The van der Waals surface area contributed by atoms with Gasteiger partial charge in [0.1, 0.15) is 11.6 Å². The number of para-hydroxylation sites is 1. The summed E-state index contributed by atoms with van der Waals surface area (Å²) in [4.78, 5) is 23.0. The highest BCUT2D eigenvalue weighted by Crippen LogP contribution is 2.35. The Hall–Kier alpha value is -4.22. The van der Waals surface area contributed by atoms with E-state index in [-0.39, 0.29) is 22.8 Å². The molecule has 1 amide bonds. The number of amides is 1. The Labute approximate surface area is 196 Å². The van der Waals surface area contributed by atoms with Gasteiger partial charge >= 0.3 is 6.18 Å². The number of hydrogen-bond acceptors (Lipinski definition) is 6. The molecule has 4 aromatic rings. The zero-order valence-corrected chi connectivity index (χ0v) is 18.4. The Morgan fingerprint density at radius 3 is 2.63 bits per heavy atom. The summed E-state index contributed by atoms with van der Waals surface area (Å²) < 4.78 is 56.5. The molecule has 0 aliphatic carbocycles. The van der Waals surface area contributed by atoms with Crippen molar-refractivity contribution >= 4 is 28.6 Å². The number of aryl methyl sites for hydroxylation is 1. The normalized spacial score (nSPS) is 13.3. The maximum Gasteiger partial charge on any atom is 0.416 e. The van der Waals surface area contributed by atoms with Gasteiger partial charge in [-0.15, -0.1) is 0 Å². The van der Waals surface area contributed by atoms with Gasteiger partial charge in [-0.1, -0.05) is 12.1 Å². The number of aromatic nitrogens is 4. The molecule has 0 unspecified atom stereocenters. The monoisotopic (exact) mass is 485 g/mol. The van der Waals surface area contributed by atoms with E-state index in [0.29, 0.717) is 18.5 Å². The third-order valence-corrected chi connectivity index (χ3v) is 5.97. The van der Waals surface area contributed by atoms with Crippen molar-refractivity contribution in [1.29, 1.82) is 0 Å². The Morgan fingerprint density at radius 2 is 1.91 bits per heavy atom. The largest absolute Gasteiger partial charge is 0.416 e. The molecule has 1 aliphatic rings. The average Bonchev–Trinajstić information content (AvgIpc) is 3.38. The predicted octanol–water partition coefficient (Wildman–Crippen LogP) is 3.75. The van der Waals surface area contributed by atoms with Gasteiger partial charge in [0.25, 0.3) is 5.91 Å². The summed E-state index contributed by atoms with van der Waals surface area (Å²) in [6, 6.07) is 7.49. The molecule has 0 spiro atoms. The Kier molecular flexibility index (Phi) is 5.30. The van der Waals surface area contributed by atoms with E-state index in [1.165, 1.54) is 6.07 Å².